The summed E-state index contributed by atoms with van der Waals surface area (Å²) in [6.07, 6.45) is 2.80. The fraction of sp³-hybridized carbons (Fsp3) is 0.520. The number of aromatic hydroxyl groups is 1. The quantitative estimate of drug-likeness (QED) is 0.305. The first kappa shape index (κ1) is 25.3. The molecule has 0 aromatic heterocycles. The van der Waals surface area contributed by atoms with Gasteiger partial charge in [0.1, 0.15) is 5.75 Å². The van der Waals surface area contributed by atoms with E-state index in [1.165, 1.54) is 0 Å². The van der Waals surface area contributed by atoms with E-state index in [2.05, 4.69) is 17.4 Å². The summed E-state index contributed by atoms with van der Waals surface area (Å²) in [6.45, 7) is 5.13. The third-order valence-electron chi connectivity index (χ3n) is 5.26. The fourth-order valence-corrected chi connectivity index (χ4v) is 3.31. The van der Waals surface area contributed by atoms with Gasteiger partial charge in [-0.05, 0) is 69.0 Å². The lowest BCUT2D eigenvalue weighted by Gasteiger charge is -2.14. The number of nitrogens with one attached hydrogen (secondary N) is 1. The Kier molecular flexibility index (Phi) is 12.2. The minimum Gasteiger partial charge on any atom is -0.508 e. The van der Waals surface area contributed by atoms with Crippen LogP contribution in [0.4, 0.5) is 0 Å². The predicted octanol–water partition coefficient (Wildman–Crippen LogP) is 3.34. The highest BCUT2D eigenvalue weighted by atomic mass is 16.5. The van der Waals surface area contributed by atoms with E-state index in [4.69, 9.17) is 9.47 Å². The number of benzene rings is 2. The molecule has 0 fully saturated rings. The summed E-state index contributed by atoms with van der Waals surface area (Å²) >= 11 is 0. The van der Waals surface area contributed by atoms with E-state index in [0.29, 0.717) is 31.8 Å². The maximum Gasteiger partial charge on any atom is 0.121 e. The standard InChI is InChI=1S/C25H37NO5/c1-20(22-6-3-2-4-7-22)31-17-16-30-15-12-24(28)8-5-13-26-14-11-21-9-10-25(29)23(18-21)19-27/h2-4,6-7,9-10,18,20,24,26-29H,5,8,11-17,19H2,1H3/t20-,24?/m1/s1. The van der Waals surface area contributed by atoms with Gasteiger partial charge in [-0.3, -0.25) is 0 Å². The number of hydrogen-bond donors (Lipinski definition) is 4. The van der Waals surface area contributed by atoms with Gasteiger partial charge in [0.2, 0.25) is 0 Å². The SMILES string of the molecule is C[C@@H](OCCOCCC(O)CCCNCCc1ccc(O)c(CO)c1)c1ccccc1. The van der Waals surface area contributed by atoms with E-state index in [0.717, 1.165) is 43.5 Å². The molecule has 0 saturated carbocycles. The molecule has 4 N–H and O–H groups in total. The molecule has 6 nitrogen and oxygen atoms in total. The summed E-state index contributed by atoms with van der Waals surface area (Å²) in [7, 11) is 0. The lowest BCUT2D eigenvalue weighted by molar-refractivity contribution is 0.00293. The van der Waals surface area contributed by atoms with Gasteiger partial charge in [-0.15, -0.1) is 0 Å². The second-order valence-corrected chi connectivity index (χ2v) is 7.74. The molecule has 31 heavy (non-hydrogen) atoms. The van der Waals surface area contributed by atoms with Gasteiger partial charge < -0.3 is 30.1 Å². The Labute approximate surface area is 185 Å². The van der Waals surface area contributed by atoms with E-state index in [-0.39, 0.29) is 24.6 Å². The third-order valence-corrected chi connectivity index (χ3v) is 5.26. The normalized spacial score (nSPS) is 13.3. The lowest BCUT2D eigenvalue weighted by atomic mass is 10.1. The number of aliphatic hydroxyl groups excluding tert-OH is 2. The van der Waals surface area contributed by atoms with Crippen LogP contribution in [0, 0.1) is 0 Å². The third kappa shape index (κ3) is 10.3. The molecular formula is C25H37NO5. The molecule has 2 rings (SSSR count). The summed E-state index contributed by atoms with van der Waals surface area (Å²) in [6, 6.07) is 15.4. The largest absolute Gasteiger partial charge is 0.508 e. The van der Waals surface area contributed by atoms with Crippen molar-refractivity contribution in [3.05, 3.63) is 65.2 Å². The molecule has 2 aromatic carbocycles. The van der Waals surface area contributed by atoms with Crippen molar-refractivity contribution in [3.63, 3.8) is 0 Å². The summed E-state index contributed by atoms with van der Waals surface area (Å²) in [5.74, 6) is 0.131. The number of phenols is 1. The van der Waals surface area contributed by atoms with Crippen LogP contribution in [0.5, 0.6) is 5.75 Å². The molecule has 0 spiro atoms. The average Bonchev–Trinajstić information content (AvgIpc) is 2.79. The van der Waals surface area contributed by atoms with Gasteiger partial charge in [0.25, 0.3) is 0 Å². The molecule has 0 aliphatic rings. The van der Waals surface area contributed by atoms with Crippen molar-refractivity contribution in [2.75, 3.05) is 32.9 Å². The van der Waals surface area contributed by atoms with Gasteiger partial charge in [-0.25, -0.2) is 0 Å². The van der Waals surface area contributed by atoms with Gasteiger partial charge in [0.15, 0.2) is 0 Å². The Bertz CT molecular complexity index is 725. The summed E-state index contributed by atoms with van der Waals surface area (Å²) < 4.78 is 11.3. The Morgan fingerprint density at radius 1 is 0.968 bits per heavy atom. The first-order valence-electron chi connectivity index (χ1n) is 11.1. The van der Waals surface area contributed by atoms with E-state index in [1.807, 2.05) is 37.3 Å². The molecular weight excluding hydrogens is 394 g/mol. The Hall–Kier alpha value is -1.96. The molecule has 0 radical (unpaired) electrons. The molecule has 0 saturated heterocycles. The van der Waals surface area contributed by atoms with E-state index >= 15 is 0 Å². The van der Waals surface area contributed by atoms with Crippen molar-refractivity contribution in [3.8, 4) is 5.75 Å². The van der Waals surface area contributed by atoms with E-state index < -0.39 is 0 Å². The van der Waals surface area contributed by atoms with Crippen LogP contribution in [0.3, 0.4) is 0 Å². The molecule has 6 heteroatoms. The minimum absolute atomic E-state index is 0.0497. The Morgan fingerprint density at radius 3 is 2.55 bits per heavy atom. The average molecular weight is 432 g/mol. The molecule has 1 unspecified atom stereocenters. The van der Waals surface area contributed by atoms with E-state index in [9.17, 15) is 15.3 Å². The van der Waals surface area contributed by atoms with Gasteiger partial charge in [-0.1, -0.05) is 36.4 Å². The monoisotopic (exact) mass is 431 g/mol. The van der Waals surface area contributed by atoms with Crippen LogP contribution in [0.25, 0.3) is 0 Å². The van der Waals surface area contributed by atoms with Gasteiger partial charge in [0.05, 0.1) is 32.0 Å². The lowest BCUT2D eigenvalue weighted by Crippen LogP contribution is -2.20. The van der Waals surface area contributed by atoms with Crippen LogP contribution in [0.1, 0.15) is 49.0 Å². The molecule has 0 amide bonds. The molecule has 0 bridgehead atoms. The molecule has 2 aromatic rings. The first-order chi connectivity index (χ1) is 15.1. The number of aliphatic hydroxyl groups is 2. The van der Waals surface area contributed by atoms with Gasteiger partial charge >= 0.3 is 0 Å². The zero-order chi connectivity index (χ0) is 22.3. The highest BCUT2D eigenvalue weighted by Gasteiger charge is 2.06. The van der Waals surface area contributed by atoms with Crippen molar-refractivity contribution in [1.29, 1.82) is 0 Å². The fourth-order valence-electron chi connectivity index (χ4n) is 3.31. The maximum absolute atomic E-state index is 10.1. The summed E-state index contributed by atoms with van der Waals surface area (Å²) in [5, 5.41) is 32.2. The van der Waals surface area contributed by atoms with Crippen LogP contribution in [0.15, 0.2) is 48.5 Å². The summed E-state index contributed by atoms with van der Waals surface area (Å²) in [4.78, 5) is 0. The molecule has 0 aliphatic carbocycles. The van der Waals surface area contributed by atoms with Crippen molar-refractivity contribution in [2.45, 2.75) is 51.4 Å². The molecule has 2 atom stereocenters. The van der Waals surface area contributed by atoms with Crippen molar-refractivity contribution >= 4 is 0 Å². The van der Waals surface area contributed by atoms with Crippen LogP contribution in [-0.2, 0) is 22.5 Å². The summed E-state index contributed by atoms with van der Waals surface area (Å²) in [5.41, 5.74) is 2.79. The van der Waals surface area contributed by atoms with Gasteiger partial charge in [0, 0.05) is 12.2 Å². The van der Waals surface area contributed by atoms with Crippen LogP contribution < -0.4 is 5.32 Å². The Morgan fingerprint density at radius 2 is 1.77 bits per heavy atom. The number of rotatable bonds is 16. The second-order valence-electron chi connectivity index (χ2n) is 7.74. The smallest absolute Gasteiger partial charge is 0.121 e. The predicted molar refractivity (Wildman–Crippen MR) is 122 cm³/mol. The molecule has 0 heterocycles. The highest BCUT2D eigenvalue weighted by Crippen LogP contribution is 2.18. The van der Waals surface area contributed by atoms with Crippen molar-refractivity contribution in [2.24, 2.45) is 0 Å². The Balaban J connectivity index is 1.42. The zero-order valence-electron chi connectivity index (χ0n) is 18.5. The number of hydrogen-bond acceptors (Lipinski definition) is 6. The van der Waals surface area contributed by atoms with Crippen molar-refractivity contribution < 1.29 is 24.8 Å². The van der Waals surface area contributed by atoms with E-state index in [1.54, 1.807) is 6.07 Å². The molecule has 172 valence electrons. The topological polar surface area (TPSA) is 91.2 Å². The maximum atomic E-state index is 10.1. The van der Waals surface area contributed by atoms with Crippen molar-refractivity contribution in [1.82, 2.24) is 5.32 Å². The minimum atomic E-state index is -0.352. The first-order valence-corrected chi connectivity index (χ1v) is 11.1. The number of ether oxygens (including phenoxy) is 2. The van der Waals surface area contributed by atoms with Crippen LogP contribution in [0.2, 0.25) is 0 Å². The zero-order valence-corrected chi connectivity index (χ0v) is 18.5. The second kappa shape index (κ2) is 14.9. The highest BCUT2D eigenvalue weighted by molar-refractivity contribution is 5.35. The van der Waals surface area contributed by atoms with Crippen LogP contribution >= 0.6 is 0 Å². The molecule has 0 aliphatic heterocycles. The van der Waals surface area contributed by atoms with Crippen LogP contribution in [-0.4, -0.2) is 54.3 Å². The van der Waals surface area contributed by atoms with Gasteiger partial charge in [-0.2, -0.15) is 0 Å².